The highest BCUT2D eigenvalue weighted by atomic mass is 79.9. The van der Waals surface area contributed by atoms with E-state index in [1.807, 2.05) is 42.5 Å². The van der Waals surface area contributed by atoms with Gasteiger partial charge in [0.2, 0.25) is 0 Å². The largest absolute Gasteiger partial charge is 0.480 e. The van der Waals surface area contributed by atoms with Gasteiger partial charge in [-0.3, -0.25) is 9.78 Å². The zero-order valence-electron chi connectivity index (χ0n) is 11.0. The van der Waals surface area contributed by atoms with Crippen LogP contribution in [0, 0.1) is 0 Å². The van der Waals surface area contributed by atoms with Crippen molar-refractivity contribution < 1.29 is 9.53 Å². The van der Waals surface area contributed by atoms with E-state index in [1.165, 1.54) is 0 Å². The summed E-state index contributed by atoms with van der Waals surface area (Å²) in [5.74, 6) is 0.472. The van der Waals surface area contributed by atoms with Crippen molar-refractivity contribution in [2.45, 2.75) is 19.6 Å². The van der Waals surface area contributed by atoms with Crippen molar-refractivity contribution in [2.24, 2.45) is 0 Å². The van der Waals surface area contributed by atoms with Crippen LogP contribution in [0.2, 0.25) is 0 Å². The molecule has 5 heteroatoms. The Morgan fingerprint density at radius 1 is 1.30 bits per heavy atom. The Balaban J connectivity index is 1.88. The van der Waals surface area contributed by atoms with Crippen LogP contribution in [0.4, 0.5) is 0 Å². The summed E-state index contributed by atoms with van der Waals surface area (Å²) in [4.78, 5) is 16.1. The first kappa shape index (κ1) is 14.5. The molecule has 1 aromatic heterocycles. The molecule has 1 aromatic carbocycles. The molecule has 0 aliphatic carbocycles. The molecule has 2 aromatic rings. The molecule has 0 aliphatic rings. The smallest absolute Gasteiger partial charge is 0.261 e. The van der Waals surface area contributed by atoms with Crippen molar-refractivity contribution in [1.82, 2.24) is 10.3 Å². The minimum Gasteiger partial charge on any atom is -0.480 e. The number of halogens is 1. The van der Waals surface area contributed by atoms with Crippen LogP contribution in [0.3, 0.4) is 0 Å². The van der Waals surface area contributed by atoms with Crippen LogP contribution in [0.15, 0.2) is 53.1 Å². The van der Waals surface area contributed by atoms with Gasteiger partial charge in [-0.1, -0.05) is 18.2 Å². The SMILES string of the molecule is C[C@H](Oc1ccccc1Br)C(=O)NCc1ccccn1. The van der Waals surface area contributed by atoms with Crippen LogP contribution in [-0.2, 0) is 11.3 Å². The maximum Gasteiger partial charge on any atom is 0.261 e. The van der Waals surface area contributed by atoms with E-state index in [4.69, 9.17) is 4.74 Å². The third kappa shape index (κ3) is 4.06. The maximum atomic E-state index is 12.0. The van der Waals surface area contributed by atoms with Crippen molar-refractivity contribution in [3.05, 3.63) is 58.8 Å². The summed E-state index contributed by atoms with van der Waals surface area (Å²) < 4.78 is 6.44. The number of benzene rings is 1. The van der Waals surface area contributed by atoms with Gasteiger partial charge >= 0.3 is 0 Å². The topological polar surface area (TPSA) is 51.2 Å². The number of para-hydroxylation sites is 1. The van der Waals surface area contributed by atoms with Gasteiger partial charge in [0.1, 0.15) is 5.75 Å². The molecule has 1 amide bonds. The molecule has 0 radical (unpaired) electrons. The van der Waals surface area contributed by atoms with Crippen LogP contribution in [0.5, 0.6) is 5.75 Å². The predicted molar refractivity (Wildman–Crippen MR) is 80.3 cm³/mol. The first-order chi connectivity index (χ1) is 9.66. The van der Waals surface area contributed by atoms with Crippen LogP contribution < -0.4 is 10.1 Å². The van der Waals surface area contributed by atoms with E-state index in [2.05, 4.69) is 26.2 Å². The molecule has 1 atom stereocenters. The first-order valence-corrected chi connectivity index (χ1v) is 7.05. The predicted octanol–water partition coefficient (Wildman–Crippen LogP) is 2.93. The summed E-state index contributed by atoms with van der Waals surface area (Å²) in [6.07, 6.45) is 1.13. The summed E-state index contributed by atoms with van der Waals surface area (Å²) in [5.41, 5.74) is 0.814. The number of carbonyl (C=O) groups is 1. The molecule has 0 unspecified atom stereocenters. The first-order valence-electron chi connectivity index (χ1n) is 6.25. The molecular weight excluding hydrogens is 320 g/mol. The second kappa shape index (κ2) is 7.05. The van der Waals surface area contributed by atoms with Gasteiger partial charge in [0, 0.05) is 6.20 Å². The fourth-order valence-corrected chi connectivity index (χ4v) is 1.99. The normalized spacial score (nSPS) is 11.7. The van der Waals surface area contributed by atoms with Crippen LogP contribution in [-0.4, -0.2) is 17.0 Å². The molecule has 0 saturated heterocycles. The molecule has 2 rings (SSSR count). The van der Waals surface area contributed by atoms with Gasteiger partial charge in [-0.2, -0.15) is 0 Å². The minimum atomic E-state index is -0.572. The van der Waals surface area contributed by atoms with Gasteiger partial charge in [-0.15, -0.1) is 0 Å². The van der Waals surface area contributed by atoms with Crippen LogP contribution in [0.25, 0.3) is 0 Å². The monoisotopic (exact) mass is 334 g/mol. The Labute approximate surface area is 126 Å². The van der Waals surface area contributed by atoms with E-state index in [0.29, 0.717) is 12.3 Å². The highest BCUT2D eigenvalue weighted by Gasteiger charge is 2.15. The second-order valence-corrected chi connectivity index (χ2v) is 5.08. The van der Waals surface area contributed by atoms with E-state index in [1.54, 1.807) is 13.1 Å². The number of ether oxygens (including phenoxy) is 1. The van der Waals surface area contributed by atoms with Crippen molar-refractivity contribution >= 4 is 21.8 Å². The molecule has 0 bridgehead atoms. The maximum absolute atomic E-state index is 12.0. The van der Waals surface area contributed by atoms with E-state index in [0.717, 1.165) is 10.2 Å². The lowest BCUT2D eigenvalue weighted by Gasteiger charge is -2.15. The van der Waals surface area contributed by atoms with Crippen molar-refractivity contribution in [3.8, 4) is 5.75 Å². The summed E-state index contributed by atoms with van der Waals surface area (Å²) in [6.45, 7) is 2.11. The van der Waals surface area contributed by atoms with E-state index in [9.17, 15) is 4.79 Å². The Morgan fingerprint density at radius 2 is 2.05 bits per heavy atom. The molecule has 0 spiro atoms. The Kier molecular flexibility index (Phi) is 5.12. The third-order valence-corrected chi connectivity index (χ3v) is 3.33. The lowest BCUT2D eigenvalue weighted by molar-refractivity contribution is -0.127. The summed E-state index contributed by atoms with van der Waals surface area (Å²) in [5, 5.41) is 2.80. The fraction of sp³-hybridized carbons (Fsp3) is 0.200. The van der Waals surface area contributed by atoms with Gasteiger partial charge in [0.25, 0.3) is 5.91 Å². The molecule has 104 valence electrons. The summed E-state index contributed by atoms with van der Waals surface area (Å²) in [7, 11) is 0. The molecule has 1 N–H and O–H groups in total. The molecule has 20 heavy (non-hydrogen) atoms. The molecule has 0 saturated carbocycles. The van der Waals surface area contributed by atoms with E-state index < -0.39 is 6.10 Å². The van der Waals surface area contributed by atoms with Crippen LogP contribution in [0.1, 0.15) is 12.6 Å². The highest BCUT2D eigenvalue weighted by Crippen LogP contribution is 2.24. The zero-order chi connectivity index (χ0) is 14.4. The van der Waals surface area contributed by atoms with Gasteiger partial charge in [0.05, 0.1) is 16.7 Å². The number of hydrogen-bond acceptors (Lipinski definition) is 3. The summed E-state index contributed by atoms with van der Waals surface area (Å²) >= 11 is 3.38. The highest BCUT2D eigenvalue weighted by molar-refractivity contribution is 9.10. The van der Waals surface area contributed by atoms with Crippen molar-refractivity contribution in [3.63, 3.8) is 0 Å². The Bertz CT molecular complexity index is 575. The Morgan fingerprint density at radius 3 is 2.75 bits per heavy atom. The van der Waals surface area contributed by atoms with E-state index in [-0.39, 0.29) is 5.91 Å². The minimum absolute atomic E-state index is 0.175. The van der Waals surface area contributed by atoms with Gasteiger partial charge < -0.3 is 10.1 Å². The quantitative estimate of drug-likeness (QED) is 0.914. The van der Waals surface area contributed by atoms with Gasteiger partial charge in [-0.25, -0.2) is 0 Å². The Hall–Kier alpha value is -1.88. The average molecular weight is 335 g/mol. The second-order valence-electron chi connectivity index (χ2n) is 4.23. The van der Waals surface area contributed by atoms with Crippen molar-refractivity contribution in [2.75, 3.05) is 0 Å². The zero-order valence-corrected chi connectivity index (χ0v) is 12.6. The molecule has 4 nitrogen and oxygen atoms in total. The third-order valence-electron chi connectivity index (χ3n) is 2.68. The standard InChI is InChI=1S/C15H15BrN2O2/c1-11(20-14-8-3-2-7-13(14)16)15(19)18-10-12-6-4-5-9-17-12/h2-9,11H,10H2,1H3,(H,18,19)/t11-/m0/s1. The molecular formula is C15H15BrN2O2. The molecule has 1 heterocycles. The number of pyridine rings is 1. The van der Waals surface area contributed by atoms with Gasteiger partial charge in [-0.05, 0) is 47.1 Å². The number of rotatable bonds is 5. The molecule has 0 fully saturated rings. The number of carbonyl (C=O) groups excluding carboxylic acids is 1. The van der Waals surface area contributed by atoms with Crippen LogP contribution >= 0.6 is 15.9 Å². The summed E-state index contributed by atoms with van der Waals surface area (Å²) in [6, 6.07) is 13.0. The lowest BCUT2D eigenvalue weighted by atomic mass is 10.3. The number of nitrogens with one attached hydrogen (secondary N) is 1. The fourth-order valence-electron chi connectivity index (χ4n) is 1.61. The lowest BCUT2D eigenvalue weighted by Crippen LogP contribution is -2.36. The van der Waals surface area contributed by atoms with E-state index >= 15 is 0 Å². The van der Waals surface area contributed by atoms with Gasteiger partial charge in [0.15, 0.2) is 6.10 Å². The average Bonchev–Trinajstić information content (AvgIpc) is 2.48. The van der Waals surface area contributed by atoms with Crippen molar-refractivity contribution in [1.29, 1.82) is 0 Å². The molecule has 0 aliphatic heterocycles. The number of amides is 1. The number of nitrogens with zero attached hydrogens (tertiary/aromatic N) is 1. The number of aromatic nitrogens is 1. The number of hydrogen-bond donors (Lipinski definition) is 1.